The molecule has 4 rings (SSSR count). The van der Waals surface area contributed by atoms with Gasteiger partial charge in [0.15, 0.2) is 0 Å². The number of benzene rings is 2. The second kappa shape index (κ2) is 8.13. The van der Waals surface area contributed by atoms with Crippen molar-refractivity contribution in [2.24, 2.45) is 0 Å². The lowest BCUT2D eigenvalue weighted by atomic mass is 9.94. The number of ether oxygens (including phenoxy) is 1. The van der Waals surface area contributed by atoms with Gasteiger partial charge in [0.05, 0.1) is 17.7 Å². The minimum atomic E-state index is -1.12. The zero-order valence-electron chi connectivity index (χ0n) is 13.1. The van der Waals surface area contributed by atoms with Crippen molar-refractivity contribution in [3.8, 4) is 0 Å². The quantitative estimate of drug-likeness (QED) is 0.572. The van der Waals surface area contributed by atoms with Crippen molar-refractivity contribution in [1.29, 1.82) is 0 Å². The fraction of sp³-hybridized carbons (Fsp3) is 0.263. The van der Waals surface area contributed by atoms with Gasteiger partial charge >= 0.3 is 11.9 Å². The molecule has 0 spiro atoms. The molecule has 2 aromatic rings. The monoisotopic (exact) mass is 312 g/mol. The molecule has 0 saturated heterocycles. The fourth-order valence-electron chi connectivity index (χ4n) is 2.19. The summed E-state index contributed by atoms with van der Waals surface area (Å²) in [6.07, 6.45) is 2.92. The topological polar surface area (TPSA) is 63.6 Å². The second-order valence-corrected chi connectivity index (χ2v) is 5.34. The number of hydrogen-bond donors (Lipinski definition) is 1. The van der Waals surface area contributed by atoms with E-state index >= 15 is 0 Å². The van der Waals surface area contributed by atoms with E-state index in [1.165, 1.54) is 29.7 Å². The van der Waals surface area contributed by atoms with E-state index in [9.17, 15) is 9.59 Å². The number of carbonyl (C=O) groups excluding carboxylic acids is 1. The van der Waals surface area contributed by atoms with Gasteiger partial charge in [-0.1, -0.05) is 49.7 Å². The minimum absolute atomic E-state index is 0.0241. The van der Waals surface area contributed by atoms with Gasteiger partial charge in [-0.3, -0.25) is 0 Å². The van der Waals surface area contributed by atoms with Crippen LogP contribution >= 0.6 is 0 Å². The number of hydrogen-bond acceptors (Lipinski definition) is 3. The average molecular weight is 312 g/mol. The standard InChI is InChI=1S/C12H14O4.C7H6/c1-2-3-8-16-12(15)10-7-5-4-6-9(10)11(13)14;1-2-6-4-7(3-1)5-6/h4-7H,2-3,8H2,1H3,(H,13,14);1-4H,5H2. The zero-order valence-corrected chi connectivity index (χ0v) is 13.1. The molecule has 2 aliphatic rings. The molecule has 0 fully saturated rings. The SMILES string of the molecule is CCCCOC(=O)c1ccccc1C(=O)O.c1cc2cc(c1)C2. The Kier molecular flexibility index (Phi) is 5.92. The number of aromatic carboxylic acids is 1. The lowest BCUT2D eigenvalue weighted by Crippen LogP contribution is -2.12. The number of carbonyl (C=O) groups is 2. The van der Waals surface area contributed by atoms with E-state index in [0.29, 0.717) is 6.61 Å². The Morgan fingerprint density at radius 3 is 2.09 bits per heavy atom. The van der Waals surface area contributed by atoms with Gasteiger partial charge in [0.2, 0.25) is 0 Å². The molecule has 2 bridgehead atoms. The van der Waals surface area contributed by atoms with Crippen LogP contribution in [0, 0.1) is 0 Å². The Balaban J connectivity index is 0.000000223. The lowest BCUT2D eigenvalue weighted by molar-refractivity contribution is 0.0489. The molecule has 0 atom stereocenters. The molecule has 2 aromatic carbocycles. The van der Waals surface area contributed by atoms with Crippen LogP contribution in [0.4, 0.5) is 0 Å². The van der Waals surface area contributed by atoms with Gasteiger partial charge in [0, 0.05) is 0 Å². The van der Waals surface area contributed by atoms with E-state index in [2.05, 4.69) is 24.3 Å². The summed E-state index contributed by atoms with van der Waals surface area (Å²) in [5.41, 5.74) is 3.05. The van der Waals surface area contributed by atoms with Crippen molar-refractivity contribution in [2.45, 2.75) is 26.2 Å². The van der Waals surface area contributed by atoms with E-state index < -0.39 is 11.9 Å². The average Bonchev–Trinajstić information content (AvgIpc) is 2.55. The van der Waals surface area contributed by atoms with Crippen molar-refractivity contribution >= 4 is 11.9 Å². The van der Waals surface area contributed by atoms with Crippen LogP contribution in [0.1, 0.15) is 51.6 Å². The normalized spacial score (nSPS) is 10.8. The first-order valence-electron chi connectivity index (χ1n) is 7.69. The maximum atomic E-state index is 11.6. The van der Waals surface area contributed by atoms with Gasteiger partial charge in [-0.15, -0.1) is 0 Å². The third kappa shape index (κ3) is 4.68. The number of fused-ring (bicyclic) bond motifs is 2. The Labute approximate surface area is 135 Å². The third-order valence-electron chi connectivity index (χ3n) is 3.51. The highest BCUT2D eigenvalue weighted by Gasteiger charge is 2.16. The largest absolute Gasteiger partial charge is 0.478 e. The van der Waals surface area contributed by atoms with E-state index in [1.54, 1.807) is 12.1 Å². The Morgan fingerprint density at radius 1 is 1.04 bits per heavy atom. The van der Waals surface area contributed by atoms with Gasteiger partial charge < -0.3 is 9.84 Å². The summed E-state index contributed by atoms with van der Waals surface area (Å²) in [7, 11) is 0. The summed E-state index contributed by atoms with van der Waals surface area (Å²) in [6, 6.07) is 14.7. The predicted molar refractivity (Wildman–Crippen MR) is 87.8 cm³/mol. The van der Waals surface area contributed by atoms with Gasteiger partial charge in [-0.2, -0.15) is 0 Å². The second-order valence-electron chi connectivity index (χ2n) is 5.34. The predicted octanol–water partition coefficient (Wildman–Crippen LogP) is 3.93. The smallest absolute Gasteiger partial charge is 0.339 e. The maximum absolute atomic E-state index is 11.6. The highest BCUT2D eigenvalue weighted by atomic mass is 16.5. The molecule has 1 N–H and O–H groups in total. The molecule has 23 heavy (non-hydrogen) atoms. The summed E-state index contributed by atoms with van der Waals surface area (Å²) in [5, 5.41) is 8.88. The molecular formula is C19H20O4. The van der Waals surface area contributed by atoms with Crippen molar-refractivity contribution in [2.75, 3.05) is 6.61 Å². The van der Waals surface area contributed by atoms with Crippen LogP contribution in [0.25, 0.3) is 0 Å². The molecule has 0 amide bonds. The van der Waals surface area contributed by atoms with Gasteiger partial charge in [0.25, 0.3) is 0 Å². The van der Waals surface area contributed by atoms with Gasteiger partial charge in [-0.05, 0) is 36.1 Å². The van der Waals surface area contributed by atoms with Crippen LogP contribution in [-0.4, -0.2) is 23.7 Å². The maximum Gasteiger partial charge on any atom is 0.339 e. The summed E-state index contributed by atoms with van der Waals surface area (Å²) < 4.78 is 4.96. The Hall–Kier alpha value is -2.62. The van der Waals surface area contributed by atoms with Crippen LogP contribution in [0.15, 0.2) is 48.5 Å². The van der Waals surface area contributed by atoms with Crippen LogP contribution in [0.5, 0.6) is 0 Å². The van der Waals surface area contributed by atoms with E-state index in [-0.39, 0.29) is 11.1 Å². The molecule has 0 aliphatic heterocycles. The van der Waals surface area contributed by atoms with Crippen molar-refractivity contribution in [3.63, 3.8) is 0 Å². The van der Waals surface area contributed by atoms with Crippen molar-refractivity contribution in [3.05, 3.63) is 70.8 Å². The number of carboxylic acid groups (broad SMARTS) is 1. The molecule has 2 aliphatic carbocycles. The first-order valence-corrected chi connectivity index (χ1v) is 7.69. The van der Waals surface area contributed by atoms with E-state index in [0.717, 1.165) is 12.8 Å². The van der Waals surface area contributed by atoms with Crippen molar-refractivity contribution < 1.29 is 19.4 Å². The summed E-state index contributed by atoms with van der Waals surface area (Å²) in [6.45, 7) is 2.31. The number of carboxylic acids is 1. The van der Waals surface area contributed by atoms with Crippen LogP contribution in [0.3, 0.4) is 0 Å². The third-order valence-corrected chi connectivity index (χ3v) is 3.51. The number of rotatable bonds is 5. The molecule has 0 radical (unpaired) electrons. The zero-order chi connectivity index (χ0) is 16.7. The van der Waals surface area contributed by atoms with Gasteiger partial charge in [0.1, 0.15) is 0 Å². The number of esters is 1. The lowest BCUT2D eigenvalue weighted by Gasteiger charge is -2.11. The van der Waals surface area contributed by atoms with Gasteiger partial charge in [-0.25, -0.2) is 9.59 Å². The van der Waals surface area contributed by atoms with E-state index in [1.807, 2.05) is 6.92 Å². The van der Waals surface area contributed by atoms with Crippen LogP contribution in [0.2, 0.25) is 0 Å². The van der Waals surface area contributed by atoms with Crippen molar-refractivity contribution in [1.82, 2.24) is 0 Å². The summed E-state index contributed by atoms with van der Waals surface area (Å²) in [5.74, 6) is -1.70. The summed E-state index contributed by atoms with van der Waals surface area (Å²) in [4.78, 5) is 22.4. The molecule has 0 aromatic heterocycles. The molecule has 0 saturated carbocycles. The van der Waals surface area contributed by atoms with Crippen LogP contribution in [-0.2, 0) is 11.2 Å². The Bertz CT molecular complexity index is 667. The molecule has 0 heterocycles. The first kappa shape index (κ1) is 16.7. The molecule has 4 heteroatoms. The molecular weight excluding hydrogens is 292 g/mol. The first-order chi connectivity index (χ1) is 11.1. The Morgan fingerprint density at radius 2 is 1.65 bits per heavy atom. The van der Waals surface area contributed by atoms with Crippen LogP contribution < -0.4 is 0 Å². The summed E-state index contributed by atoms with van der Waals surface area (Å²) >= 11 is 0. The number of unbranched alkanes of at least 4 members (excludes halogenated alkanes) is 1. The fourth-order valence-corrected chi connectivity index (χ4v) is 2.19. The van der Waals surface area contributed by atoms with E-state index in [4.69, 9.17) is 9.84 Å². The minimum Gasteiger partial charge on any atom is -0.478 e. The highest BCUT2D eigenvalue weighted by Crippen LogP contribution is 2.18. The highest BCUT2D eigenvalue weighted by molar-refractivity contribution is 6.02. The molecule has 0 unspecified atom stereocenters. The molecule has 4 nitrogen and oxygen atoms in total. The molecule has 120 valence electrons.